The minimum absolute atomic E-state index is 0.358. The lowest BCUT2D eigenvalue weighted by Crippen LogP contribution is -2.30. The zero-order chi connectivity index (χ0) is 11.4. The third-order valence-electron chi connectivity index (χ3n) is 2.72. The number of likely N-dealkylation sites (N-methyl/N-ethyl adjacent to an activating group) is 1. The third kappa shape index (κ3) is 3.37. The van der Waals surface area contributed by atoms with Gasteiger partial charge in [0.25, 0.3) is 0 Å². The summed E-state index contributed by atoms with van der Waals surface area (Å²) in [7, 11) is 0. The minimum Gasteiger partial charge on any atom is -0.314 e. The van der Waals surface area contributed by atoms with E-state index in [0.29, 0.717) is 12.0 Å². The van der Waals surface area contributed by atoms with Crippen LogP contribution in [0.1, 0.15) is 32.3 Å². The number of halogens is 2. The molecule has 1 rings (SSSR count). The summed E-state index contributed by atoms with van der Waals surface area (Å²) in [6, 6.07) is 6.01. The lowest BCUT2D eigenvalue weighted by atomic mass is 9.94. The van der Waals surface area contributed by atoms with Crippen LogP contribution >= 0.6 is 23.2 Å². The van der Waals surface area contributed by atoms with E-state index in [1.54, 1.807) is 0 Å². The summed E-state index contributed by atoms with van der Waals surface area (Å²) in [4.78, 5) is 0. The molecule has 0 saturated heterocycles. The van der Waals surface area contributed by atoms with Gasteiger partial charge in [0.05, 0.1) is 0 Å². The molecule has 0 aliphatic carbocycles. The molecular formula is C12H17Cl2N. The lowest BCUT2D eigenvalue weighted by molar-refractivity contribution is 0.495. The van der Waals surface area contributed by atoms with Crippen LogP contribution in [-0.2, 0) is 0 Å². The van der Waals surface area contributed by atoms with E-state index in [-0.39, 0.29) is 0 Å². The molecule has 0 aromatic heterocycles. The van der Waals surface area contributed by atoms with E-state index in [4.69, 9.17) is 23.2 Å². The maximum Gasteiger partial charge on any atom is 0.0442 e. The number of benzene rings is 1. The van der Waals surface area contributed by atoms with Crippen molar-refractivity contribution in [2.24, 2.45) is 0 Å². The Balaban J connectivity index is 2.89. The van der Waals surface area contributed by atoms with Crippen LogP contribution in [0.2, 0.25) is 10.0 Å². The summed E-state index contributed by atoms with van der Waals surface area (Å²) >= 11 is 12.1. The molecule has 0 spiro atoms. The molecule has 0 fully saturated rings. The van der Waals surface area contributed by atoms with Crippen LogP contribution in [0, 0.1) is 0 Å². The second-order valence-electron chi connectivity index (χ2n) is 3.80. The molecule has 2 unspecified atom stereocenters. The van der Waals surface area contributed by atoms with Crippen molar-refractivity contribution < 1.29 is 0 Å². The molecule has 0 bridgehead atoms. The Bertz CT molecular complexity index is 325. The molecule has 3 heteroatoms. The number of rotatable bonds is 4. The zero-order valence-electron chi connectivity index (χ0n) is 9.35. The fourth-order valence-corrected chi connectivity index (χ4v) is 2.10. The highest BCUT2D eigenvalue weighted by molar-refractivity contribution is 6.33. The maximum atomic E-state index is 6.15. The van der Waals surface area contributed by atoms with Crippen molar-refractivity contribution in [1.29, 1.82) is 0 Å². The molecule has 84 valence electrons. The molecule has 1 aromatic carbocycles. The molecule has 2 atom stereocenters. The second-order valence-corrected chi connectivity index (χ2v) is 4.64. The van der Waals surface area contributed by atoms with Crippen molar-refractivity contribution in [3.05, 3.63) is 33.8 Å². The normalized spacial score (nSPS) is 15.0. The van der Waals surface area contributed by atoms with Crippen LogP contribution in [0.3, 0.4) is 0 Å². The van der Waals surface area contributed by atoms with Crippen molar-refractivity contribution in [3.8, 4) is 0 Å². The molecule has 1 N–H and O–H groups in total. The highest BCUT2D eigenvalue weighted by Crippen LogP contribution is 2.29. The van der Waals surface area contributed by atoms with Crippen LogP contribution in [0.25, 0.3) is 0 Å². The first-order valence-electron chi connectivity index (χ1n) is 5.24. The van der Waals surface area contributed by atoms with Crippen molar-refractivity contribution in [1.82, 2.24) is 5.32 Å². The lowest BCUT2D eigenvalue weighted by Gasteiger charge is -2.22. The van der Waals surface area contributed by atoms with Gasteiger partial charge in [-0.3, -0.25) is 0 Å². The highest BCUT2D eigenvalue weighted by Gasteiger charge is 2.16. The van der Waals surface area contributed by atoms with E-state index in [0.717, 1.165) is 22.2 Å². The number of hydrogen-bond donors (Lipinski definition) is 1. The van der Waals surface area contributed by atoms with Crippen molar-refractivity contribution in [2.45, 2.75) is 32.7 Å². The monoisotopic (exact) mass is 245 g/mol. The van der Waals surface area contributed by atoms with Gasteiger partial charge in [-0.25, -0.2) is 0 Å². The Morgan fingerprint density at radius 3 is 2.53 bits per heavy atom. The first-order valence-corrected chi connectivity index (χ1v) is 6.00. The first kappa shape index (κ1) is 12.8. The fraction of sp³-hybridized carbons (Fsp3) is 0.500. The van der Waals surface area contributed by atoms with Crippen molar-refractivity contribution in [3.63, 3.8) is 0 Å². The number of hydrogen-bond acceptors (Lipinski definition) is 1. The van der Waals surface area contributed by atoms with E-state index in [1.807, 2.05) is 18.2 Å². The van der Waals surface area contributed by atoms with E-state index in [1.165, 1.54) is 0 Å². The van der Waals surface area contributed by atoms with Crippen LogP contribution in [0.4, 0.5) is 0 Å². The average molecular weight is 246 g/mol. The molecule has 0 amide bonds. The molecule has 0 aliphatic rings. The second kappa shape index (κ2) is 5.74. The SMILES string of the molecule is CCNC(C)C(C)c1cc(Cl)ccc1Cl. The van der Waals surface area contributed by atoms with Gasteiger partial charge in [0, 0.05) is 16.1 Å². The molecule has 0 saturated carbocycles. The Morgan fingerprint density at radius 1 is 1.27 bits per heavy atom. The maximum absolute atomic E-state index is 6.15. The predicted octanol–water partition coefficient (Wildman–Crippen LogP) is 4.09. The topological polar surface area (TPSA) is 12.0 Å². The Kier molecular flexibility index (Phi) is 4.91. The third-order valence-corrected chi connectivity index (χ3v) is 3.30. The van der Waals surface area contributed by atoms with Crippen LogP contribution in [0.5, 0.6) is 0 Å². The minimum atomic E-state index is 0.358. The first-order chi connectivity index (χ1) is 7.06. The predicted molar refractivity (Wildman–Crippen MR) is 68.0 cm³/mol. The smallest absolute Gasteiger partial charge is 0.0442 e. The van der Waals surface area contributed by atoms with Crippen LogP contribution < -0.4 is 5.32 Å². The summed E-state index contributed by atoms with van der Waals surface area (Å²) in [5.41, 5.74) is 1.11. The summed E-state index contributed by atoms with van der Waals surface area (Å²) in [5, 5.41) is 4.92. The quantitative estimate of drug-likeness (QED) is 0.843. The highest BCUT2D eigenvalue weighted by atomic mass is 35.5. The van der Waals surface area contributed by atoms with E-state index < -0.39 is 0 Å². The van der Waals surface area contributed by atoms with Crippen LogP contribution in [-0.4, -0.2) is 12.6 Å². The van der Waals surface area contributed by atoms with Gasteiger partial charge in [0.1, 0.15) is 0 Å². The molecule has 1 nitrogen and oxygen atoms in total. The van der Waals surface area contributed by atoms with Gasteiger partial charge in [-0.05, 0) is 43.1 Å². The molecule has 0 aliphatic heterocycles. The Hall–Kier alpha value is -0.240. The van der Waals surface area contributed by atoms with Crippen LogP contribution in [0.15, 0.2) is 18.2 Å². The summed E-state index contributed by atoms with van der Waals surface area (Å²) in [6.45, 7) is 7.38. The van der Waals surface area contributed by atoms with Gasteiger partial charge in [-0.15, -0.1) is 0 Å². The molecule has 15 heavy (non-hydrogen) atoms. The van der Waals surface area contributed by atoms with Gasteiger partial charge < -0.3 is 5.32 Å². The number of nitrogens with one attached hydrogen (secondary N) is 1. The average Bonchev–Trinajstić information content (AvgIpc) is 2.21. The molecular weight excluding hydrogens is 229 g/mol. The molecule has 1 aromatic rings. The summed E-state index contributed by atoms with van der Waals surface area (Å²) < 4.78 is 0. The van der Waals surface area contributed by atoms with Gasteiger partial charge in [-0.1, -0.05) is 37.0 Å². The van der Waals surface area contributed by atoms with E-state index in [2.05, 4.69) is 26.1 Å². The zero-order valence-corrected chi connectivity index (χ0v) is 10.9. The largest absolute Gasteiger partial charge is 0.314 e. The Morgan fingerprint density at radius 2 is 1.93 bits per heavy atom. The van der Waals surface area contributed by atoms with Gasteiger partial charge in [-0.2, -0.15) is 0 Å². The molecule has 0 heterocycles. The van der Waals surface area contributed by atoms with Crippen molar-refractivity contribution >= 4 is 23.2 Å². The van der Waals surface area contributed by atoms with Gasteiger partial charge in [0.2, 0.25) is 0 Å². The Labute approximate surface area is 102 Å². The standard InChI is InChI=1S/C12H17Cl2N/c1-4-15-9(3)8(2)11-7-10(13)5-6-12(11)14/h5-9,15H,4H2,1-3H3. The van der Waals surface area contributed by atoms with E-state index >= 15 is 0 Å². The van der Waals surface area contributed by atoms with Crippen molar-refractivity contribution in [2.75, 3.05) is 6.54 Å². The fourth-order valence-electron chi connectivity index (χ4n) is 1.63. The van der Waals surface area contributed by atoms with Gasteiger partial charge in [0.15, 0.2) is 0 Å². The van der Waals surface area contributed by atoms with E-state index in [9.17, 15) is 0 Å². The summed E-state index contributed by atoms with van der Waals surface area (Å²) in [5.74, 6) is 0.358. The molecule has 0 radical (unpaired) electrons. The van der Waals surface area contributed by atoms with Gasteiger partial charge >= 0.3 is 0 Å². The summed E-state index contributed by atoms with van der Waals surface area (Å²) in [6.07, 6.45) is 0.